The zero-order valence-corrected chi connectivity index (χ0v) is 22.3. The van der Waals surface area contributed by atoms with Gasteiger partial charge in [0, 0.05) is 30.3 Å². The van der Waals surface area contributed by atoms with E-state index in [0.717, 1.165) is 30.2 Å². The van der Waals surface area contributed by atoms with Crippen molar-refractivity contribution < 1.29 is 39.5 Å². The molecule has 0 spiro atoms. The Hall–Kier alpha value is -1.48. The van der Waals surface area contributed by atoms with Crippen molar-refractivity contribution in [2.45, 2.75) is 84.2 Å². The fraction of sp³-hybridized carbons (Fsp3) is 0.591. The number of anilines is 2. The van der Waals surface area contributed by atoms with Crippen LogP contribution in [0.1, 0.15) is 69.9 Å². The molecule has 0 aliphatic heterocycles. The molecule has 4 rings (SSSR count). The van der Waals surface area contributed by atoms with Crippen LogP contribution < -0.4 is 45.3 Å². The van der Waals surface area contributed by atoms with Gasteiger partial charge in [0.05, 0.1) is 0 Å². The molecule has 0 unspecified atom stereocenters. The van der Waals surface area contributed by atoms with Gasteiger partial charge in [-0.15, -0.1) is 0 Å². The minimum absolute atomic E-state index is 0. The molecular formula is C22H32ClN6NaO2. The van der Waals surface area contributed by atoms with E-state index in [1.54, 1.807) is 12.3 Å². The van der Waals surface area contributed by atoms with E-state index in [4.69, 9.17) is 21.5 Å². The Morgan fingerprint density at radius 1 is 0.938 bits per heavy atom. The van der Waals surface area contributed by atoms with Crippen molar-refractivity contribution in [2.75, 3.05) is 10.6 Å². The number of nitrogens with one attached hydrogen (secondary N) is 2. The molecule has 2 fully saturated rings. The number of aliphatic carboxylic acids is 1. The van der Waals surface area contributed by atoms with Crippen LogP contribution in [0.15, 0.2) is 18.3 Å². The second kappa shape index (κ2) is 15.4. The molecule has 0 aromatic carbocycles. The Balaban J connectivity index is 0.000000268. The Morgan fingerprint density at radius 2 is 1.41 bits per heavy atom. The third kappa shape index (κ3) is 11.9. The summed E-state index contributed by atoms with van der Waals surface area (Å²) in [5.41, 5.74) is 0. The summed E-state index contributed by atoms with van der Waals surface area (Å²) in [6, 6.07) is 4.92. The summed E-state index contributed by atoms with van der Waals surface area (Å²) >= 11 is 5.84. The van der Waals surface area contributed by atoms with Crippen LogP contribution in [0.2, 0.25) is 5.15 Å². The topological polar surface area (TPSA) is 116 Å². The summed E-state index contributed by atoms with van der Waals surface area (Å²) in [5.74, 6) is 2.30. The average Bonchev–Trinajstić information content (AvgIpc) is 3.35. The van der Waals surface area contributed by atoms with E-state index >= 15 is 0 Å². The minimum atomic E-state index is -1.08. The maximum Gasteiger partial charge on any atom is 1.00 e. The molecule has 8 nitrogen and oxygen atoms in total. The number of carboxylic acids is 1. The molecule has 2 heterocycles. The van der Waals surface area contributed by atoms with E-state index in [2.05, 4.69) is 30.6 Å². The molecule has 2 saturated carbocycles. The number of hydrogen-bond acceptors (Lipinski definition) is 8. The van der Waals surface area contributed by atoms with Gasteiger partial charge < -0.3 is 20.5 Å². The van der Waals surface area contributed by atoms with Crippen molar-refractivity contribution in [1.29, 1.82) is 0 Å². The van der Waals surface area contributed by atoms with E-state index in [0.29, 0.717) is 17.2 Å². The first-order chi connectivity index (χ1) is 14.8. The number of hydrogen-bond donors (Lipinski definition) is 2. The van der Waals surface area contributed by atoms with E-state index in [-0.39, 0.29) is 29.6 Å². The van der Waals surface area contributed by atoms with Crippen molar-refractivity contribution in [2.24, 2.45) is 0 Å². The molecular weight excluding hydrogens is 439 g/mol. The van der Waals surface area contributed by atoms with Crippen LogP contribution >= 0.6 is 11.6 Å². The van der Waals surface area contributed by atoms with Gasteiger partial charge in [0.2, 0.25) is 0 Å². The molecule has 2 aliphatic rings. The minimum Gasteiger partial charge on any atom is -0.550 e. The summed E-state index contributed by atoms with van der Waals surface area (Å²) in [6.07, 6.45) is 12.2. The van der Waals surface area contributed by atoms with Crippen LogP contribution in [0, 0.1) is 13.8 Å². The van der Waals surface area contributed by atoms with Gasteiger partial charge in [0.1, 0.15) is 28.4 Å². The van der Waals surface area contributed by atoms with Gasteiger partial charge in [-0.1, -0.05) is 37.3 Å². The van der Waals surface area contributed by atoms with Gasteiger partial charge >= 0.3 is 29.6 Å². The second-order valence-electron chi connectivity index (χ2n) is 7.86. The normalized spacial score (nSPS) is 15.5. The number of carbonyl (C=O) groups excluding carboxylic acids is 1. The fourth-order valence-corrected chi connectivity index (χ4v) is 3.93. The Bertz CT molecular complexity index is 806. The summed E-state index contributed by atoms with van der Waals surface area (Å²) in [6.45, 7) is 4.74. The molecule has 0 amide bonds. The predicted octanol–water partition coefficient (Wildman–Crippen LogP) is 0.693. The zero-order valence-electron chi connectivity index (χ0n) is 19.5. The third-order valence-corrected chi connectivity index (χ3v) is 5.19. The maximum atomic E-state index is 8.89. The monoisotopic (exact) mass is 470 g/mol. The average molecular weight is 471 g/mol. The molecule has 10 heteroatoms. The smallest absolute Gasteiger partial charge is 0.550 e. The standard InChI is InChI=1S/C10H14ClN3.C10H15N3.C2H4O2.Na/c1-7-12-9(11)6-10(13-7)14-8-4-2-3-5-8;1-8-11-7-6-10(12-8)13-9-4-2-3-5-9;1-2(3)4;/h6,8H,2-5H2,1H3,(H,12,13,14);6-7,9H,2-5H2,1H3,(H,11,12,13);1H3,(H,3,4);/q;;;+1/p-1. The molecule has 170 valence electrons. The summed E-state index contributed by atoms with van der Waals surface area (Å²) in [4.78, 5) is 25.6. The van der Waals surface area contributed by atoms with Crippen LogP contribution in [-0.2, 0) is 4.79 Å². The van der Waals surface area contributed by atoms with Crippen molar-refractivity contribution >= 4 is 29.2 Å². The van der Waals surface area contributed by atoms with Crippen molar-refractivity contribution in [1.82, 2.24) is 19.9 Å². The van der Waals surface area contributed by atoms with Gasteiger partial charge in [-0.05, 0) is 52.5 Å². The molecule has 2 aromatic heterocycles. The van der Waals surface area contributed by atoms with E-state index < -0.39 is 5.97 Å². The Kier molecular flexibility index (Phi) is 13.7. The van der Waals surface area contributed by atoms with Crippen molar-refractivity contribution in [3.63, 3.8) is 0 Å². The van der Waals surface area contributed by atoms with E-state index in [9.17, 15) is 0 Å². The van der Waals surface area contributed by atoms with E-state index in [1.165, 1.54) is 51.4 Å². The molecule has 0 radical (unpaired) electrons. The second-order valence-corrected chi connectivity index (χ2v) is 8.24. The third-order valence-electron chi connectivity index (χ3n) is 5.00. The largest absolute Gasteiger partial charge is 1.00 e. The Morgan fingerprint density at radius 3 is 1.88 bits per heavy atom. The molecule has 2 N–H and O–H groups in total. The van der Waals surface area contributed by atoms with Crippen molar-refractivity contribution in [3.8, 4) is 0 Å². The van der Waals surface area contributed by atoms with Crippen LogP contribution in [0.3, 0.4) is 0 Å². The predicted molar refractivity (Wildman–Crippen MR) is 121 cm³/mol. The maximum absolute atomic E-state index is 8.89. The van der Waals surface area contributed by atoms with Crippen LogP contribution in [0.25, 0.3) is 0 Å². The molecule has 32 heavy (non-hydrogen) atoms. The number of carbonyl (C=O) groups is 1. The molecule has 2 aliphatic carbocycles. The molecule has 0 bridgehead atoms. The summed E-state index contributed by atoms with van der Waals surface area (Å²) < 4.78 is 0. The van der Waals surface area contributed by atoms with Crippen molar-refractivity contribution in [3.05, 3.63) is 35.1 Å². The molecule has 2 aromatic rings. The van der Waals surface area contributed by atoms with Gasteiger partial charge in [0.25, 0.3) is 0 Å². The first-order valence-electron chi connectivity index (χ1n) is 10.8. The molecule has 0 atom stereocenters. The zero-order chi connectivity index (χ0) is 22.6. The number of nitrogens with zero attached hydrogens (tertiary/aromatic N) is 4. The quantitative estimate of drug-likeness (QED) is 0.495. The van der Waals surface area contributed by atoms with Crippen LogP contribution in [0.4, 0.5) is 11.6 Å². The van der Waals surface area contributed by atoms with Gasteiger partial charge in [-0.3, -0.25) is 0 Å². The van der Waals surface area contributed by atoms with Crippen LogP contribution in [0.5, 0.6) is 0 Å². The molecule has 0 saturated heterocycles. The van der Waals surface area contributed by atoms with Gasteiger partial charge in [0.15, 0.2) is 0 Å². The first-order valence-corrected chi connectivity index (χ1v) is 11.2. The van der Waals surface area contributed by atoms with Gasteiger partial charge in [-0.25, -0.2) is 19.9 Å². The van der Waals surface area contributed by atoms with Gasteiger partial charge in [-0.2, -0.15) is 0 Å². The number of rotatable bonds is 4. The summed E-state index contributed by atoms with van der Waals surface area (Å²) in [5, 5.41) is 16.2. The van der Waals surface area contributed by atoms with Crippen LogP contribution in [-0.4, -0.2) is 38.0 Å². The number of halogens is 1. The number of aryl methyl sites for hydroxylation is 2. The SMILES string of the molecule is CC(=O)[O-].Cc1nc(Cl)cc(NC2CCCC2)n1.Cc1nccc(NC2CCCC2)n1.[Na+]. The summed E-state index contributed by atoms with van der Waals surface area (Å²) in [7, 11) is 0. The first kappa shape index (κ1) is 28.6. The number of carboxylic acid groups (broad SMARTS) is 1. The number of aromatic nitrogens is 4. The fourth-order valence-electron chi connectivity index (χ4n) is 3.70. The Labute approximate surface area is 217 Å². The van der Waals surface area contributed by atoms with E-state index in [1.807, 2.05) is 19.9 Å².